The Morgan fingerprint density at radius 3 is 2.68 bits per heavy atom. The Morgan fingerprint density at radius 1 is 1.47 bits per heavy atom. The summed E-state index contributed by atoms with van der Waals surface area (Å²) in [5.74, 6) is 0. The molecule has 3 nitrogen and oxygen atoms in total. The minimum atomic E-state index is -4.40. The van der Waals surface area contributed by atoms with Crippen molar-refractivity contribution in [1.29, 1.82) is 0 Å². The Balaban J connectivity index is 3.13. The zero-order valence-corrected chi connectivity index (χ0v) is 10.7. The molecule has 0 fully saturated rings. The van der Waals surface area contributed by atoms with E-state index in [2.05, 4.69) is 29.3 Å². The first-order valence-corrected chi connectivity index (χ1v) is 5.66. The van der Waals surface area contributed by atoms with Crippen molar-refractivity contribution in [2.75, 3.05) is 0 Å². The van der Waals surface area contributed by atoms with Crippen molar-refractivity contribution in [3.63, 3.8) is 0 Å². The van der Waals surface area contributed by atoms with Crippen LogP contribution in [0.3, 0.4) is 0 Å². The van der Waals surface area contributed by atoms with Crippen LogP contribution in [0.1, 0.15) is 17.5 Å². The Hall–Kier alpha value is -1.89. The summed E-state index contributed by atoms with van der Waals surface area (Å²) >= 11 is 4.59. The van der Waals surface area contributed by atoms with Crippen molar-refractivity contribution >= 4 is 23.0 Å². The van der Waals surface area contributed by atoms with E-state index in [9.17, 15) is 13.2 Å². The minimum absolute atomic E-state index is 0.0615. The average molecular weight is 287 g/mol. The lowest BCUT2D eigenvalue weighted by molar-refractivity contribution is -0.137. The number of allylic oxidation sites excluding steroid dienone is 1. The maximum atomic E-state index is 12.6. The number of hydrogen-bond acceptors (Lipinski definition) is 2. The SMILES string of the molecule is C=CC/C(=N\NC(N)=S)c1cccc(C(F)(F)F)c1. The highest BCUT2D eigenvalue weighted by Gasteiger charge is 2.30. The van der Waals surface area contributed by atoms with Crippen LogP contribution in [0.2, 0.25) is 0 Å². The first-order valence-electron chi connectivity index (χ1n) is 5.25. The van der Waals surface area contributed by atoms with Gasteiger partial charge < -0.3 is 5.73 Å². The van der Waals surface area contributed by atoms with Crippen molar-refractivity contribution in [2.45, 2.75) is 12.6 Å². The van der Waals surface area contributed by atoms with Gasteiger partial charge in [0.05, 0.1) is 11.3 Å². The maximum absolute atomic E-state index is 12.6. The van der Waals surface area contributed by atoms with Crippen LogP contribution in [-0.4, -0.2) is 10.8 Å². The van der Waals surface area contributed by atoms with E-state index >= 15 is 0 Å². The molecule has 0 heterocycles. The molecule has 19 heavy (non-hydrogen) atoms. The van der Waals surface area contributed by atoms with Crippen molar-refractivity contribution in [2.24, 2.45) is 10.8 Å². The summed E-state index contributed by atoms with van der Waals surface area (Å²) in [6.07, 6.45) is -2.58. The van der Waals surface area contributed by atoms with Crippen LogP contribution in [0, 0.1) is 0 Å². The number of nitrogens with zero attached hydrogens (tertiary/aromatic N) is 1. The molecule has 0 atom stereocenters. The van der Waals surface area contributed by atoms with Gasteiger partial charge >= 0.3 is 6.18 Å². The lowest BCUT2D eigenvalue weighted by Crippen LogP contribution is -2.25. The number of nitrogens with one attached hydrogen (secondary N) is 1. The maximum Gasteiger partial charge on any atom is 0.416 e. The van der Waals surface area contributed by atoms with Gasteiger partial charge in [-0.1, -0.05) is 18.2 Å². The van der Waals surface area contributed by atoms with Gasteiger partial charge in [0.2, 0.25) is 0 Å². The minimum Gasteiger partial charge on any atom is -0.375 e. The highest BCUT2D eigenvalue weighted by molar-refractivity contribution is 7.80. The molecule has 1 aromatic carbocycles. The number of hydrazone groups is 1. The topological polar surface area (TPSA) is 50.4 Å². The fourth-order valence-corrected chi connectivity index (χ4v) is 1.41. The highest BCUT2D eigenvalue weighted by atomic mass is 32.1. The molecule has 0 bridgehead atoms. The molecule has 0 amide bonds. The standard InChI is InChI=1S/C12H12F3N3S/c1-2-4-10(17-18-11(16)19)8-5-3-6-9(7-8)12(13,14)15/h2-3,5-7H,1,4H2,(H3,16,18,19)/b17-10+. The fourth-order valence-electron chi connectivity index (χ4n) is 1.36. The summed E-state index contributed by atoms with van der Waals surface area (Å²) in [7, 11) is 0. The van der Waals surface area contributed by atoms with Crippen LogP contribution in [-0.2, 0) is 6.18 Å². The first kappa shape index (κ1) is 15.2. The number of halogens is 3. The van der Waals surface area contributed by atoms with E-state index in [1.54, 1.807) is 0 Å². The highest BCUT2D eigenvalue weighted by Crippen LogP contribution is 2.29. The molecule has 7 heteroatoms. The average Bonchev–Trinajstić information content (AvgIpc) is 2.33. The smallest absolute Gasteiger partial charge is 0.375 e. The van der Waals surface area contributed by atoms with E-state index in [1.807, 2.05) is 0 Å². The molecule has 0 aromatic heterocycles. The largest absolute Gasteiger partial charge is 0.416 e. The predicted molar refractivity (Wildman–Crippen MR) is 72.7 cm³/mol. The molecule has 102 valence electrons. The van der Waals surface area contributed by atoms with Gasteiger partial charge in [0, 0.05) is 6.42 Å². The summed E-state index contributed by atoms with van der Waals surface area (Å²) in [5.41, 5.74) is 7.54. The molecule has 0 saturated carbocycles. The predicted octanol–water partition coefficient (Wildman–Crippen LogP) is 2.82. The number of thiocarbonyl (C=S) groups is 1. The number of alkyl halides is 3. The van der Waals surface area contributed by atoms with Gasteiger partial charge in [-0.15, -0.1) is 6.58 Å². The van der Waals surface area contributed by atoms with Crippen LogP contribution in [0.15, 0.2) is 42.0 Å². The number of benzene rings is 1. The van der Waals surface area contributed by atoms with E-state index in [1.165, 1.54) is 18.2 Å². The van der Waals surface area contributed by atoms with Gasteiger partial charge in [0.1, 0.15) is 0 Å². The molecular weight excluding hydrogens is 275 g/mol. The second kappa shape index (κ2) is 6.33. The van der Waals surface area contributed by atoms with E-state index < -0.39 is 11.7 Å². The van der Waals surface area contributed by atoms with Crippen LogP contribution < -0.4 is 11.2 Å². The lowest BCUT2D eigenvalue weighted by atomic mass is 10.0. The van der Waals surface area contributed by atoms with Gasteiger partial charge in [-0.3, -0.25) is 5.43 Å². The van der Waals surface area contributed by atoms with Gasteiger partial charge in [-0.25, -0.2) is 0 Å². The summed E-state index contributed by atoms with van der Waals surface area (Å²) in [5, 5.41) is 3.81. The van der Waals surface area contributed by atoms with E-state index in [4.69, 9.17) is 5.73 Å². The Morgan fingerprint density at radius 2 is 2.16 bits per heavy atom. The second-order valence-electron chi connectivity index (χ2n) is 3.61. The molecule has 0 radical (unpaired) electrons. The molecule has 0 aliphatic carbocycles. The van der Waals surface area contributed by atoms with Crippen molar-refractivity contribution in [3.05, 3.63) is 48.0 Å². The van der Waals surface area contributed by atoms with Gasteiger partial charge in [-0.05, 0) is 29.9 Å². The third kappa shape index (κ3) is 4.70. The Bertz CT molecular complexity index is 509. The molecule has 0 saturated heterocycles. The molecule has 0 aliphatic heterocycles. The summed E-state index contributed by atoms with van der Waals surface area (Å²) in [6, 6.07) is 4.86. The first-order chi connectivity index (χ1) is 8.84. The van der Waals surface area contributed by atoms with Gasteiger partial charge in [0.15, 0.2) is 5.11 Å². The zero-order chi connectivity index (χ0) is 14.5. The van der Waals surface area contributed by atoms with Crippen LogP contribution in [0.25, 0.3) is 0 Å². The van der Waals surface area contributed by atoms with Crippen molar-refractivity contribution < 1.29 is 13.2 Å². The molecule has 0 unspecified atom stereocenters. The normalized spacial score (nSPS) is 12.1. The Labute approximate surface area is 114 Å². The molecule has 0 spiro atoms. The number of hydrogen-bond donors (Lipinski definition) is 2. The molecule has 0 aliphatic rings. The van der Waals surface area contributed by atoms with E-state index in [0.717, 1.165) is 12.1 Å². The second-order valence-corrected chi connectivity index (χ2v) is 4.05. The summed E-state index contributed by atoms with van der Waals surface area (Å²) in [6.45, 7) is 3.53. The van der Waals surface area contributed by atoms with E-state index in [-0.39, 0.29) is 11.5 Å². The fraction of sp³-hybridized carbons (Fsp3) is 0.167. The summed E-state index contributed by atoms with van der Waals surface area (Å²) < 4.78 is 37.8. The van der Waals surface area contributed by atoms with Gasteiger partial charge in [0.25, 0.3) is 0 Å². The quantitative estimate of drug-likeness (QED) is 0.387. The van der Waals surface area contributed by atoms with Crippen LogP contribution in [0.5, 0.6) is 0 Å². The zero-order valence-electron chi connectivity index (χ0n) is 9.87. The third-order valence-corrected chi connectivity index (χ3v) is 2.25. The lowest BCUT2D eigenvalue weighted by Gasteiger charge is -2.10. The molecule has 3 N–H and O–H groups in total. The molecular formula is C12H12F3N3S. The van der Waals surface area contributed by atoms with Crippen LogP contribution >= 0.6 is 12.2 Å². The van der Waals surface area contributed by atoms with Crippen LogP contribution in [0.4, 0.5) is 13.2 Å². The van der Waals surface area contributed by atoms with Gasteiger partial charge in [-0.2, -0.15) is 18.3 Å². The molecule has 1 aromatic rings. The Kier molecular flexibility index (Phi) is 5.05. The van der Waals surface area contributed by atoms with Crippen molar-refractivity contribution in [1.82, 2.24) is 5.43 Å². The molecule has 1 rings (SSSR count). The summed E-state index contributed by atoms with van der Waals surface area (Å²) in [4.78, 5) is 0. The monoisotopic (exact) mass is 287 g/mol. The van der Waals surface area contributed by atoms with E-state index in [0.29, 0.717) is 11.3 Å². The van der Waals surface area contributed by atoms with Crippen molar-refractivity contribution in [3.8, 4) is 0 Å². The third-order valence-electron chi connectivity index (χ3n) is 2.16. The number of rotatable bonds is 4. The number of nitrogens with two attached hydrogens (primary N) is 1.